The molecule has 0 amide bonds. The van der Waals surface area contributed by atoms with Crippen molar-refractivity contribution in [2.24, 2.45) is 0 Å². The second-order valence-electron chi connectivity index (χ2n) is 12.1. The molecule has 7 nitrogen and oxygen atoms in total. The fraction of sp³-hybridized carbons (Fsp3) is 0.351. The lowest BCUT2D eigenvalue weighted by Gasteiger charge is -2.42. The van der Waals surface area contributed by atoms with Crippen LogP contribution in [0.5, 0.6) is 5.75 Å². The molecule has 238 valence electrons. The fourth-order valence-electron chi connectivity index (χ4n) is 6.03. The monoisotopic (exact) mass is 628 g/mol. The minimum Gasteiger partial charge on any atom is -0.531 e. The first kappa shape index (κ1) is 33.9. The third-order valence-electron chi connectivity index (χ3n) is 7.85. The molecule has 1 aromatic heterocycles. The van der Waals surface area contributed by atoms with Gasteiger partial charge in [-0.3, -0.25) is 4.79 Å². The van der Waals surface area contributed by atoms with Crippen LogP contribution in [0.4, 0.5) is 0 Å². The van der Waals surface area contributed by atoms with Gasteiger partial charge in [-0.15, -0.1) is 6.58 Å². The quantitative estimate of drug-likeness (QED) is 0.0588. The minimum absolute atomic E-state index is 0.124. The SMILES string of the molecule is C=CCC(OCC)(OCC)C1=CC(C/C(C)=C\c2cc(O[Si](c3ccccc3)(c3ccccc3)C(C)(C)C)c(C=O)o2)OC1=O. The Bertz CT molecular complexity index is 1480. The summed E-state index contributed by atoms with van der Waals surface area (Å²) in [6, 6.07) is 22.2. The number of ether oxygens (including phenoxy) is 3. The van der Waals surface area contributed by atoms with Crippen molar-refractivity contribution in [3.8, 4) is 5.75 Å². The lowest BCUT2D eigenvalue weighted by molar-refractivity contribution is -0.207. The van der Waals surface area contributed by atoms with Gasteiger partial charge in [-0.2, -0.15) is 0 Å². The molecule has 1 aliphatic heterocycles. The average molecular weight is 629 g/mol. The summed E-state index contributed by atoms with van der Waals surface area (Å²) >= 11 is 0. The zero-order chi connectivity index (χ0) is 32.7. The summed E-state index contributed by atoms with van der Waals surface area (Å²) in [5, 5.41) is 1.89. The molecule has 0 bridgehead atoms. The van der Waals surface area contributed by atoms with Gasteiger partial charge in [0, 0.05) is 32.1 Å². The number of carbonyl (C=O) groups excluding carboxylic acids is 2. The predicted molar refractivity (Wildman–Crippen MR) is 179 cm³/mol. The van der Waals surface area contributed by atoms with Crippen LogP contribution in [-0.2, 0) is 19.0 Å². The molecule has 0 N–H and O–H groups in total. The van der Waals surface area contributed by atoms with E-state index in [0.717, 1.165) is 15.9 Å². The van der Waals surface area contributed by atoms with Gasteiger partial charge in [-0.25, -0.2) is 4.79 Å². The normalized spacial score (nSPS) is 15.9. The lowest BCUT2D eigenvalue weighted by Crippen LogP contribution is -2.68. The maximum atomic E-state index is 13.0. The number of esters is 1. The van der Waals surface area contributed by atoms with Crippen LogP contribution >= 0.6 is 0 Å². The minimum atomic E-state index is -2.98. The third-order valence-corrected chi connectivity index (χ3v) is 12.8. The molecule has 1 aliphatic rings. The number of aldehydes is 1. The largest absolute Gasteiger partial charge is 0.531 e. The van der Waals surface area contributed by atoms with Crippen LogP contribution in [-0.4, -0.2) is 45.7 Å². The highest BCUT2D eigenvalue weighted by molar-refractivity contribution is 7.00. The highest BCUT2D eigenvalue weighted by Crippen LogP contribution is 2.39. The summed E-state index contributed by atoms with van der Waals surface area (Å²) in [4.78, 5) is 25.2. The summed E-state index contributed by atoms with van der Waals surface area (Å²) in [6.07, 6.45) is 6.19. The zero-order valence-electron chi connectivity index (χ0n) is 27.1. The van der Waals surface area contributed by atoms with Crippen molar-refractivity contribution in [2.75, 3.05) is 13.2 Å². The van der Waals surface area contributed by atoms with Gasteiger partial charge in [0.05, 0.1) is 5.57 Å². The fourth-order valence-corrected chi connectivity index (χ4v) is 10.4. The number of hydrogen-bond acceptors (Lipinski definition) is 7. The van der Waals surface area contributed by atoms with Crippen molar-refractivity contribution in [3.05, 3.63) is 108 Å². The van der Waals surface area contributed by atoms with E-state index in [4.69, 9.17) is 23.1 Å². The summed E-state index contributed by atoms with van der Waals surface area (Å²) < 4.78 is 30.6. The Kier molecular flexibility index (Phi) is 10.9. The van der Waals surface area contributed by atoms with Gasteiger partial charge in [-0.05, 0) is 48.3 Å². The maximum absolute atomic E-state index is 13.0. The van der Waals surface area contributed by atoms with E-state index < -0.39 is 26.2 Å². The predicted octanol–water partition coefficient (Wildman–Crippen LogP) is 7.02. The molecule has 0 saturated carbocycles. The van der Waals surface area contributed by atoms with Gasteiger partial charge in [0.1, 0.15) is 11.9 Å². The molecule has 4 rings (SSSR count). The van der Waals surface area contributed by atoms with Crippen molar-refractivity contribution >= 4 is 37.0 Å². The van der Waals surface area contributed by atoms with E-state index in [1.807, 2.05) is 63.2 Å². The van der Waals surface area contributed by atoms with E-state index in [1.54, 1.807) is 18.2 Å². The smallest absolute Gasteiger partial charge is 0.339 e. The molecular weight excluding hydrogens is 584 g/mol. The summed E-state index contributed by atoms with van der Waals surface area (Å²) in [5.74, 6) is -0.712. The molecule has 45 heavy (non-hydrogen) atoms. The van der Waals surface area contributed by atoms with Gasteiger partial charge in [0.2, 0.25) is 11.5 Å². The van der Waals surface area contributed by atoms with Gasteiger partial charge in [0.25, 0.3) is 0 Å². The summed E-state index contributed by atoms with van der Waals surface area (Å²) in [5.41, 5.74) is 1.22. The molecular formula is C37H44O7Si. The molecule has 2 heterocycles. The van der Waals surface area contributed by atoms with Crippen molar-refractivity contribution in [2.45, 2.75) is 71.3 Å². The number of furan rings is 1. The van der Waals surface area contributed by atoms with Gasteiger partial charge >= 0.3 is 14.3 Å². The van der Waals surface area contributed by atoms with E-state index >= 15 is 0 Å². The van der Waals surface area contributed by atoms with Gasteiger partial charge in [-0.1, -0.05) is 93.1 Å². The number of carbonyl (C=O) groups is 2. The van der Waals surface area contributed by atoms with E-state index in [2.05, 4.69) is 51.6 Å². The Morgan fingerprint density at radius 3 is 2.04 bits per heavy atom. The van der Waals surface area contributed by atoms with Crippen LogP contribution in [0.15, 0.2) is 101 Å². The number of cyclic esters (lactones) is 1. The first-order valence-corrected chi connectivity index (χ1v) is 17.3. The molecule has 0 spiro atoms. The van der Waals surface area contributed by atoms with E-state index in [0.29, 0.717) is 49.4 Å². The van der Waals surface area contributed by atoms with E-state index in [-0.39, 0.29) is 10.8 Å². The highest BCUT2D eigenvalue weighted by atomic mass is 28.4. The van der Waals surface area contributed by atoms with Crippen LogP contribution < -0.4 is 14.8 Å². The molecule has 0 fully saturated rings. The van der Waals surface area contributed by atoms with Crippen molar-refractivity contribution in [1.82, 2.24) is 0 Å². The first-order valence-electron chi connectivity index (χ1n) is 15.4. The van der Waals surface area contributed by atoms with Gasteiger partial charge in [0.15, 0.2) is 12.0 Å². The van der Waals surface area contributed by atoms with Crippen LogP contribution in [0.3, 0.4) is 0 Å². The second kappa shape index (κ2) is 14.4. The maximum Gasteiger partial charge on any atom is 0.339 e. The van der Waals surface area contributed by atoms with E-state index in [9.17, 15) is 9.59 Å². The molecule has 8 heteroatoms. The van der Waals surface area contributed by atoms with Crippen molar-refractivity contribution < 1.29 is 32.6 Å². The first-order chi connectivity index (χ1) is 21.5. The Balaban J connectivity index is 1.67. The Labute approximate surface area is 267 Å². The molecule has 1 unspecified atom stereocenters. The van der Waals surface area contributed by atoms with Crippen LogP contribution in [0.2, 0.25) is 5.04 Å². The van der Waals surface area contributed by atoms with Crippen LogP contribution in [0.1, 0.15) is 70.7 Å². The molecule has 3 aromatic rings. The average Bonchev–Trinajstić information content (AvgIpc) is 3.58. The molecule has 2 aromatic carbocycles. The number of rotatable bonds is 15. The Morgan fingerprint density at radius 1 is 0.978 bits per heavy atom. The van der Waals surface area contributed by atoms with Crippen LogP contribution in [0.25, 0.3) is 6.08 Å². The van der Waals surface area contributed by atoms with Crippen LogP contribution in [0, 0.1) is 0 Å². The topological polar surface area (TPSA) is 84.2 Å². The highest BCUT2D eigenvalue weighted by Gasteiger charge is 2.52. The Morgan fingerprint density at radius 2 is 1.56 bits per heavy atom. The van der Waals surface area contributed by atoms with Gasteiger partial charge < -0.3 is 23.1 Å². The number of benzene rings is 2. The lowest BCUT2D eigenvalue weighted by atomic mass is 10.00. The molecule has 1 atom stereocenters. The zero-order valence-corrected chi connectivity index (χ0v) is 28.1. The van der Waals surface area contributed by atoms with Crippen molar-refractivity contribution in [1.29, 1.82) is 0 Å². The summed E-state index contributed by atoms with van der Waals surface area (Å²) in [7, 11) is -2.98. The standard InChI is InChI=1S/C37H44O7Si/c1-8-21-37(40-9-2,41-10-3)32-24-28(43-35(32)39)22-27(4)23-29-25-33(34(26-38)42-29)44-45(36(5,6)7,30-17-13-11-14-18-30)31-19-15-12-16-20-31/h8,11-20,23-26,28H,1,9-10,21-22H2,2-7H3/b27-23-. The molecule has 0 saturated heterocycles. The third kappa shape index (κ3) is 7.14. The Hall–Kier alpha value is -3.98. The molecule has 0 radical (unpaired) electrons. The van der Waals surface area contributed by atoms with Crippen molar-refractivity contribution in [3.63, 3.8) is 0 Å². The summed E-state index contributed by atoms with van der Waals surface area (Å²) in [6.45, 7) is 16.7. The number of hydrogen-bond donors (Lipinski definition) is 0. The second-order valence-corrected chi connectivity index (χ2v) is 16.3. The van der Waals surface area contributed by atoms with E-state index in [1.165, 1.54) is 0 Å². The molecule has 0 aliphatic carbocycles.